The van der Waals surface area contributed by atoms with Gasteiger partial charge in [0, 0.05) is 6.54 Å². The summed E-state index contributed by atoms with van der Waals surface area (Å²) >= 11 is 0. The summed E-state index contributed by atoms with van der Waals surface area (Å²) in [6.07, 6.45) is 0. The van der Waals surface area contributed by atoms with Crippen LogP contribution in [0.25, 0.3) is 0 Å². The van der Waals surface area contributed by atoms with Gasteiger partial charge in [-0.1, -0.05) is 13.8 Å². The molecule has 1 amide bonds. The fraction of sp³-hybridized carbons (Fsp3) is 0.500. The van der Waals surface area contributed by atoms with Gasteiger partial charge in [-0.3, -0.25) is 4.79 Å². The Labute approximate surface area is 122 Å². The second-order valence-corrected chi connectivity index (χ2v) is 6.55. The molecule has 0 aliphatic carbocycles. The lowest BCUT2D eigenvalue weighted by atomic mass is 10.2. The van der Waals surface area contributed by atoms with Crippen LogP contribution in [0.15, 0.2) is 21.6 Å². The summed E-state index contributed by atoms with van der Waals surface area (Å²) in [5, 5.41) is 10.7. The van der Waals surface area contributed by atoms with Crippen molar-refractivity contribution in [3.05, 3.63) is 17.9 Å². The van der Waals surface area contributed by atoms with E-state index in [0.717, 1.165) is 12.1 Å². The zero-order chi connectivity index (χ0) is 16.2. The summed E-state index contributed by atoms with van der Waals surface area (Å²) in [6, 6.07) is 1.04. The highest BCUT2D eigenvalue weighted by atomic mass is 32.2. The molecule has 0 spiro atoms. The average Bonchev–Trinajstić information content (AvgIpc) is 2.85. The molecule has 0 fully saturated rings. The molecule has 1 rings (SSSR count). The van der Waals surface area contributed by atoms with E-state index < -0.39 is 38.8 Å². The predicted molar refractivity (Wildman–Crippen MR) is 73.3 cm³/mol. The van der Waals surface area contributed by atoms with Crippen molar-refractivity contribution in [2.75, 3.05) is 6.54 Å². The minimum absolute atomic E-state index is 0.237. The Kier molecular flexibility index (Phi) is 5.50. The van der Waals surface area contributed by atoms with E-state index in [0.29, 0.717) is 6.54 Å². The first-order valence-corrected chi connectivity index (χ1v) is 7.75. The lowest BCUT2D eigenvalue weighted by molar-refractivity contribution is -0.122. The summed E-state index contributed by atoms with van der Waals surface area (Å²) in [7, 11) is -4.10. The number of amides is 1. The van der Waals surface area contributed by atoms with Crippen LogP contribution in [0, 0.1) is 5.92 Å². The van der Waals surface area contributed by atoms with Crippen molar-refractivity contribution < 1.29 is 27.5 Å². The Morgan fingerprint density at radius 3 is 2.38 bits per heavy atom. The van der Waals surface area contributed by atoms with Crippen molar-refractivity contribution >= 4 is 21.9 Å². The maximum Gasteiger partial charge on any atom is 0.371 e. The van der Waals surface area contributed by atoms with Gasteiger partial charge < -0.3 is 14.8 Å². The monoisotopic (exact) mass is 318 g/mol. The minimum Gasteiger partial charge on any atom is -0.475 e. The fourth-order valence-electron chi connectivity index (χ4n) is 1.38. The second kappa shape index (κ2) is 6.72. The number of carboxylic acids is 1. The molecule has 1 unspecified atom stereocenters. The number of aromatic carboxylic acids is 1. The Hall–Kier alpha value is -1.87. The second-order valence-electron chi connectivity index (χ2n) is 4.91. The van der Waals surface area contributed by atoms with Gasteiger partial charge in [0.05, 0.1) is 6.04 Å². The van der Waals surface area contributed by atoms with Crippen molar-refractivity contribution in [1.29, 1.82) is 0 Å². The first-order chi connectivity index (χ1) is 9.63. The lowest BCUT2D eigenvalue weighted by Gasteiger charge is -2.14. The van der Waals surface area contributed by atoms with Crippen molar-refractivity contribution in [1.82, 2.24) is 10.0 Å². The molecule has 9 heteroatoms. The van der Waals surface area contributed by atoms with Gasteiger partial charge in [-0.05, 0) is 25.0 Å². The number of carboxylic acid groups (broad SMARTS) is 1. The number of hydrogen-bond acceptors (Lipinski definition) is 5. The van der Waals surface area contributed by atoms with Gasteiger partial charge in [-0.25, -0.2) is 13.2 Å². The van der Waals surface area contributed by atoms with Crippen LogP contribution in [0.2, 0.25) is 0 Å². The molecule has 3 N–H and O–H groups in total. The van der Waals surface area contributed by atoms with Crippen LogP contribution in [-0.2, 0) is 14.8 Å². The van der Waals surface area contributed by atoms with Crippen LogP contribution in [0.5, 0.6) is 0 Å². The van der Waals surface area contributed by atoms with Gasteiger partial charge in [0.1, 0.15) is 0 Å². The molecular formula is C12H18N2O6S. The van der Waals surface area contributed by atoms with E-state index in [-0.39, 0.29) is 5.92 Å². The summed E-state index contributed by atoms with van der Waals surface area (Å²) < 4.78 is 30.7. The van der Waals surface area contributed by atoms with Crippen molar-refractivity contribution in [2.24, 2.45) is 5.92 Å². The van der Waals surface area contributed by atoms with Gasteiger partial charge >= 0.3 is 5.97 Å². The highest BCUT2D eigenvalue weighted by molar-refractivity contribution is 7.89. The molecule has 21 heavy (non-hydrogen) atoms. The van der Waals surface area contributed by atoms with E-state index in [4.69, 9.17) is 9.52 Å². The lowest BCUT2D eigenvalue weighted by Crippen LogP contribution is -2.45. The molecule has 0 bridgehead atoms. The van der Waals surface area contributed by atoms with Crippen LogP contribution >= 0.6 is 0 Å². The Morgan fingerprint density at radius 1 is 1.29 bits per heavy atom. The number of nitrogens with one attached hydrogen (secondary N) is 2. The van der Waals surface area contributed by atoms with Crippen LogP contribution in [0.4, 0.5) is 0 Å². The fourth-order valence-corrected chi connectivity index (χ4v) is 2.52. The van der Waals surface area contributed by atoms with Gasteiger partial charge in [-0.15, -0.1) is 0 Å². The van der Waals surface area contributed by atoms with E-state index in [1.807, 2.05) is 13.8 Å². The molecule has 1 aromatic heterocycles. The Morgan fingerprint density at radius 2 is 1.90 bits per heavy atom. The number of carbonyl (C=O) groups is 2. The van der Waals surface area contributed by atoms with Crippen LogP contribution in [0.3, 0.4) is 0 Å². The first-order valence-electron chi connectivity index (χ1n) is 6.26. The molecule has 1 aromatic rings. The Bertz CT molecular complexity index is 619. The van der Waals surface area contributed by atoms with Gasteiger partial charge in [0.25, 0.3) is 10.0 Å². The summed E-state index contributed by atoms with van der Waals surface area (Å²) in [5.74, 6) is -2.11. The van der Waals surface area contributed by atoms with Crippen molar-refractivity contribution in [3.8, 4) is 0 Å². The molecular weight excluding hydrogens is 300 g/mol. The van der Waals surface area contributed by atoms with E-state index in [2.05, 4.69) is 10.0 Å². The highest BCUT2D eigenvalue weighted by Crippen LogP contribution is 2.14. The standard InChI is InChI=1S/C12H18N2O6S/c1-7(2)6-13-11(15)8(3)14-21(18,19)10-5-4-9(20-10)12(16)17/h4-5,7-8,14H,6H2,1-3H3,(H,13,15)(H,16,17). The molecule has 8 nitrogen and oxygen atoms in total. The number of rotatable bonds is 7. The third-order valence-corrected chi connectivity index (χ3v) is 3.88. The zero-order valence-electron chi connectivity index (χ0n) is 11.9. The van der Waals surface area contributed by atoms with E-state index in [1.54, 1.807) is 0 Å². The molecule has 1 heterocycles. The summed E-state index contributed by atoms with van der Waals surface area (Å²) in [6.45, 7) is 5.62. The molecule has 0 saturated carbocycles. The largest absolute Gasteiger partial charge is 0.475 e. The Balaban J connectivity index is 2.75. The normalized spacial score (nSPS) is 13.1. The van der Waals surface area contributed by atoms with Gasteiger partial charge in [0.15, 0.2) is 0 Å². The number of furan rings is 1. The van der Waals surface area contributed by atoms with Crippen molar-refractivity contribution in [3.63, 3.8) is 0 Å². The zero-order valence-corrected chi connectivity index (χ0v) is 12.7. The van der Waals surface area contributed by atoms with Crippen LogP contribution < -0.4 is 10.0 Å². The highest BCUT2D eigenvalue weighted by Gasteiger charge is 2.25. The maximum absolute atomic E-state index is 11.9. The number of carbonyl (C=O) groups excluding carboxylic acids is 1. The quantitative estimate of drug-likeness (QED) is 0.669. The third-order valence-electron chi connectivity index (χ3n) is 2.47. The minimum atomic E-state index is -4.10. The van der Waals surface area contributed by atoms with E-state index in [1.165, 1.54) is 6.92 Å². The molecule has 0 saturated heterocycles. The van der Waals surface area contributed by atoms with Crippen molar-refractivity contribution in [2.45, 2.75) is 31.9 Å². The third kappa shape index (κ3) is 4.87. The molecule has 118 valence electrons. The topological polar surface area (TPSA) is 126 Å². The molecule has 0 radical (unpaired) electrons. The van der Waals surface area contributed by atoms with Gasteiger partial charge in [0.2, 0.25) is 16.8 Å². The average molecular weight is 318 g/mol. The molecule has 1 atom stereocenters. The summed E-state index contributed by atoms with van der Waals surface area (Å²) in [4.78, 5) is 22.4. The molecule has 0 aromatic carbocycles. The number of sulfonamides is 1. The smallest absolute Gasteiger partial charge is 0.371 e. The van der Waals surface area contributed by atoms with E-state index in [9.17, 15) is 18.0 Å². The van der Waals surface area contributed by atoms with Crippen LogP contribution in [-0.4, -0.2) is 38.0 Å². The SMILES string of the molecule is CC(C)CNC(=O)C(C)NS(=O)(=O)c1ccc(C(=O)O)o1. The maximum atomic E-state index is 11.9. The number of hydrogen-bond donors (Lipinski definition) is 3. The molecule has 0 aliphatic heterocycles. The predicted octanol–water partition coefficient (Wildman–Crippen LogP) is 0.417. The van der Waals surface area contributed by atoms with E-state index >= 15 is 0 Å². The first kappa shape index (κ1) is 17.2. The van der Waals surface area contributed by atoms with Gasteiger partial charge in [-0.2, -0.15) is 4.72 Å². The molecule has 0 aliphatic rings. The summed E-state index contributed by atoms with van der Waals surface area (Å²) in [5.41, 5.74) is 0. The van der Waals surface area contributed by atoms with Crippen LogP contribution in [0.1, 0.15) is 31.3 Å².